The lowest BCUT2D eigenvalue weighted by Gasteiger charge is -2.29. The van der Waals surface area contributed by atoms with Crippen molar-refractivity contribution in [3.8, 4) is 0 Å². The minimum absolute atomic E-state index is 0.00833. The second-order valence-corrected chi connectivity index (χ2v) is 3.87. The zero-order valence-corrected chi connectivity index (χ0v) is 9.19. The van der Waals surface area contributed by atoms with Gasteiger partial charge in [-0.05, 0) is 13.0 Å². The van der Waals surface area contributed by atoms with Crippen LogP contribution in [0.5, 0.6) is 0 Å². The topological polar surface area (TPSA) is 75.8 Å². The van der Waals surface area contributed by atoms with Crippen molar-refractivity contribution in [3.05, 3.63) is 0 Å². The Morgan fingerprint density at radius 1 is 1.53 bits per heavy atom. The molecule has 0 aromatic carbocycles. The monoisotopic (exact) mass is 216 g/mol. The lowest BCUT2D eigenvalue weighted by molar-refractivity contribution is -0.143. The van der Waals surface area contributed by atoms with Crippen LogP contribution >= 0.6 is 0 Å². The van der Waals surface area contributed by atoms with Gasteiger partial charge < -0.3 is 15.6 Å². The van der Waals surface area contributed by atoms with E-state index in [9.17, 15) is 4.79 Å². The molecule has 3 N–H and O–H groups in total. The first-order chi connectivity index (χ1) is 7.20. The highest BCUT2D eigenvalue weighted by Crippen LogP contribution is 2.19. The predicted octanol–water partition coefficient (Wildman–Crippen LogP) is -0.243. The Morgan fingerprint density at radius 3 is 2.80 bits per heavy atom. The van der Waals surface area contributed by atoms with Crippen molar-refractivity contribution in [2.45, 2.75) is 19.4 Å². The number of carboxylic acid groups (broad SMARTS) is 1. The predicted molar refractivity (Wildman–Crippen MR) is 56.7 cm³/mol. The van der Waals surface area contributed by atoms with Crippen molar-refractivity contribution in [2.75, 3.05) is 32.8 Å². The summed E-state index contributed by atoms with van der Waals surface area (Å²) < 4.78 is 5.24. The van der Waals surface area contributed by atoms with Crippen molar-refractivity contribution in [1.29, 1.82) is 0 Å². The molecule has 0 aliphatic carbocycles. The summed E-state index contributed by atoms with van der Waals surface area (Å²) in [6, 6.07) is -0.00833. The number of ether oxygens (including phenoxy) is 1. The van der Waals surface area contributed by atoms with Crippen LogP contribution in [0.3, 0.4) is 0 Å². The first-order valence-corrected chi connectivity index (χ1v) is 5.45. The number of nitrogens with zero attached hydrogens (tertiary/aromatic N) is 1. The summed E-state index contributed by atoms with van der Waals surface area (Å²) in [6.07, 6.45) is 1.00. The summed E-state index contributed by atoms with van der Waals surface area (Å²) >= 11 is 0. The van der Waals surface area contributed by atoms with E-state index in [1.807, 2.05) is 0 Å². The van der Waals surface area contributed by atoms with Crippen LogP contribution in [0.1, 0.15) is 13.3 Å². The van der Waals surface area contributed by atoms with Gasteiger partial charge >= 0.3 is 5.97 Å². The molecule has 1 fully saturated rings. The van der Waals surface area contributed by atoms with Crippen LogP contribution in [-0.4, -0.2) is 54.9 Å². The molecular formula is C10H20N2O3. The molecule has 88 valence electrons. The van der Waals surface area contributed by atoms with E-state index >= 15 is 0 Å². The first-order valence-electron chi connectivity index (χ1n) is 5.45. The molecule has 1 rings (SSSR count). The molecular weight excluding hydrogens is 196 g/mol. The van der Waals surface area contributed by atoms with E-state index in [4.69, 9.17) is 15.6 Å². The van der Waals surface area contributed by atoms with Gasteiger partial charge in [0.15, 0.2) is 0 Å². The highest BCUT2D eigenvalue weighted by Gasteiger charge is 2.37. The summed E-state index contributed by atoms with van der Waals surface area (Å²) in [5.74, 6) is -1.17. The van der Waals surface area contributed by atoms with Gasteiger partial charge in [0.2, 0.25) is 0 Å². The average molecular weight is 216 g/mol. The van der Waals surface area contributed by atoms with Crippen LogP contribution in [0.25, 0.3) is 0 Å². The molecule has 5 nitrogen and oxygen atoms in total. The van der Waals surface area contributed by atoms with Crippen LogP contribution in [-0.2, 0) is 9.53 Å². The van der Waals surface area contributed by atoms with Crippen molar-refractivity contribution < 1.29 is 14.6 Å². The fourth-order valence-corrected chi connectivity index (χ4v) is 2.04. The van der Waals surface area contributed by atoms with E-state index in [1.54, 1.807) is 0 Å². The van der Waals surface area contributed by atoms with Crippen molar-refractivity contribution in [1.82, 2.24) is 4.90 Å². The SMILES string of the molecule is CCCN(CCN)C1COCC1C(=O)O. The maximum atomic E-state index is 11.0. The number of hydrogen-bond acceptors (Lipinski definition) is 4. The zero-order chi connectivity index (χ0) is 11.3. The Morgan fingerprint density at radius 2 is 2.27 bits per heavy atom. The van der Waals surface area contributed by atoms with Crippen LogP contribution in [0.15, 0.2) is 0 Å². The molecule has 5 heteroatoms. The molecule has 1 aliphatic rings. The van der Waals surface area contributed by atoms with Crippen LogP contribution in [0.2, 0.25) is 0 Å². The summed E-state index contributed by atoms with van der Waals surface area (Å²) in [7, 11) is 0. The molecule has 1 aliphatic heterocycles. The smallest absolute Gasteiger partial charge is 0.310 e. The molecule has 0 saturated carbocycles. The van der Waals surface area contributed by atoms with Crippen LogP contribution in [0, 0.1) is 5.92 Å². The number of hydrogen-bond donors (Lipinski definition) is 2. The maximum absolute atomic E-state index is 11.0. The minimum atomic E-state index is -0.768. The standard InChI is InChI=1S/C10H20N2O3/c1-2-4-12(5-3-11)9-7-15-6-8(9)10(13)14/h8-9H,2-7,11H2,1H3,(H,13,14). The second kappa shape index (κ2) is 6.05. The molecule has 2 atom stereocenters. The Balaban J connectivity index is 2.60. The van der Waals surface area contributed by atoms with E-state index in [0.717, 1.165) is 19.5 Å². The number of aliphatic carboxylic acids is 1. The summed E-state index contributed by atoms with van der Waals surface area (Å²) in [5.41, 5.74) is 5.52. The molecule has 0 spiro atoms. The van der Waals surface area contributed by atoms with E-state index in [1.165, 1.54) is 0 Å². The molecule has 1 heterocycles. The van der Waals surface area contributed by atoms with Gasteiger partial charge in [-0.15, -0.1) is 0 Å². The maximum Gasteiger partial charge on any atom is 0.310 e. The number of carboxylic acids is 1. The molecule has 0 radical (unpaired) electrons. The first kappa shape index (κ1) is 12.4. The Kier molecular flexibility index (Phi) is 5.01. The van der Waals surface area contributed by atoms with Crippen molar-refractivity contribution >= 4 is 5.97 Å². The van der Waals surface area contributed by atoms with Crippen LogP contribution < -0.4 is 5.73 Å². The second-order valence-electron chi connectivity index (χ2n) is 3.87. The fourth-order valence-electron chi connectivity index (χ4n) is 2.04. The molecule has 0 bridgehead atoms. The molecule has 2 unspecified atom stereocenters. The van der Waals surface area contributed by atoms with Gasteiger partial charge in [0.05, 0.1) is 19.1 Å². The molecule has 0 aromatic rings. The van der Waals surface area contributed by atoms with Crippen molar-refractivity contribution in [3.63, 3.8) is 0 Å². The summed E-state index contributed by atoms with van der Waals surface area (Å²) in [4.78, 5) is 13.1. The lowest BCUT2D eigenvalue weighted by atomic mass is 10.0. The molecule has 1 saturated heterocycles. The van der Waals surface area contributed by atoms with Gasteiger partial charge in [-0.2, -0.15) is 0 Å². The highest BCUT2D eigenvalue weighted by molar-refractivity contribution is 5.71. The van der Waals surface area contributed by atoms with E-state index in [0.29, 0.717) is 19.8 Å². The zero-order valence-electron chi connectivity index (χ0n) is 9.19. The Hall–Kier alpha value is -0.650. The normalized spacial score (nSPS) is 26.1. The average Bonchev–Trinajstić information content (AvgIpc) is 2.65. The Labute approximate surface area is 90.2 Å². The van der Waals surface area contributed by atoms with Gasteiger partial charge in [0, 0.05) is 19.1 Å². The molecule has 0 aromatic heterocycles. The number of nitrogens with two attached hydrogens (primary N) is 1. The quantitative estimate of drug-likeness (QED) is 0.640. The Bertz CT molecular complexity index is 205. The third-order valence-corrected chi connectivity index (χ3v) is 2.76. The molecule has 15 heavy (non-hydrogen) atoms. The van der Waals surface area contributed by atoms with E-state index in [2.05, 4.69) is 11.8 Å². The fraction of sp³-hybridized carbons (Fsp3) is 0.900. The summed E-state index contributed by atoms with van der Waals surface area (Å²) in [6.45, 7) is 5.10. The highest BCUT2D eigenvalue weighted by atomic mass is 16.5. The third-order valence-electron chi connectivity index (χ3n) is 2.76. The number of carbonyl (C=O) groups is 1. The number of rotatable bonds is 6. The van der Waals surface area contributed by atoms with Crippen LogP contribution in [0.4, 0.5) is 0 Å². The van der Waals surface area contributed by atoms with Gasteiger partial charge in [0.1, 0.15) is 0 Å². The van der Waals surface area contributed by atoms with E-state index < -0.39 is 11.9 Å². The van der Waals surface area contributed by atoms with E-state index in [-0.39, 0.29) is 6.04 Å². The van der Waals surface area contributed by atoms with Gasteiger partial charge in [-0.3, -0.25) is 9.69 Å². The lowest BCUT2D eigenvalue weighted by Crippen LogP contribution is -2.45. The van der Waals surface area contributed by atoms with Gasteiger partial charge in [-0.25, -0.2) is 0 Å². The molecule has 0 amide bonds. The van der Waals surface area contributed by atoms with Gasteiger partial charge in [-0.1, -0.05) is 6.92 Å². The van der Waals surface area contributed by atoms with Gasteiger partial charge in [0.25, 0.3) is 0 Å². The minimum Gasteiger partial charge on any atom is -0.481 e. The third kappa shape index (κ3) is 3.15. The van der Waals surface area contributed by atoms with Crippen molar-refractivity contribution in [2.24, 2.45) is 11.7 Å². The largest absolute Gasteiger partial charge is 0.481 e. The summed E-state index contributed by atoms with van der Waals surface area (Å²) in [5, 5.41) is 9.03.